The molecular formula is C20H24ClN3O4. The molecule has 0 bridgehead atoms. The van der Waals surface area contributed by atoms with Crippen molar-refractivity contribution in [2.75, 3.05) is 25.6 Å². The molecule has 2 saturated heterocycles. The summed E-state index contributed by atoms with van der Waals surface area (Å²) in [5.41, 5.74) is -0.117. The molecule has 150 valence electrons. The van der Waals surface area contributed by atoms with Crippen LogP contribution in [0.5, 0.6) is 0 Å². The van der Waals surface area contributed by atoms with Gasteiger partial charge >= 0.3 is 0 Å². The Bertz CT molecular complexity index is 858. The van der Waals surface area contributed by atoms with Gasteiger partial charge in [-0.15, -0.1) is 0 Å². The lowest BCUT2D eigenvalue weighted by Gasteiger charge is -2.30. The molecule has 3 aliphatic heterocycles. The van der Waals surface area contributed by atoms with E-state index in [1.807, 2.05) is 13.8 Å². The molecule has 0 saturated carbocycles. The van der Waals surface area contributed by atoms with Gasteiger partial charge in [0.2, 0.25) is 17.7 Å². The number of nitrogens with zero attached hydrogens (tertiary/aromatic N) is 1. The third-order valence-corrected chi connectivity index (χ3v) is 6.49. The lowest BCUT2D eigenvalue weighted by atomic mass is 9.76. The van der Waals surface area contributed by atoms with Crippen molar-refractivity contribution >= 4 is 35.0 Å². The summed E-state index contributed by atoms with van der Waals surface area (Å²) in [5, 5.41) is 6.64. The van der Waals surface area contributed by atoms with Gasteiger partial charge in [-0.05, 0) is 18.4 Å². The maximum absolute atomic E-state index is 13.4. The molecule has 28 heavy (non-hydrogen) atoms. The number of benzene rings is 1. The van der Waals surface area contributed by atoms with Crippen molar-refractivity contribution in [1.82, 2.24) is 10.2 Å². The highest BCUT2D eigenvalue weighted by molar-refractivity contribution is 6.35. The molecule has 0 unspecified atom stereocenters. The smallest absolute Gasteiger partial charge is 0.250 e. The van der Waals surface area contributed by atoms with E-state index in [1.54, 1.807) is 25.3 Å². The van der Waals surface area contributed by atoms with Crippen LogP contribution in [0.2, 0.25) is 5.02 Å². The summed E-state index contributed by atoms with van der Waals surface area (Å²) in [6.45, 7) is 4.74. The average molecular weight is 406 g/mol. The number of anilines is 1. The van der Waals surface area contributed by atoms with Gasteiger partial charge in [-0.3, -0.25) is 24.6 Å². The maximum Gasteiger partial charge on any atom is 0.250 e. The number of halogens is 1. The highest BCUT2D eigenvalue weighted by Crippen LogP contribution is 2.54. The lowest BCUT2D eigenvalue weighted by molar-refractivity contribution is -0.143. The van der Waals surface area contributed by atoms with Gasteiger partial charge in [0.25, 0.3) is 0 Å². The molecule has 3 aliphatic rings. The van der Waals surface area contributed by atoms with Crippen molar-refractivity contribution < 1.29 is 19.1 Å². The normalized spacial score (nSPS) is 31.1. The molecule has 0 aliphatic carbocycles. The summed E-state index contributed by atoms with van der Waals surface area (Å²) in [7, 11) is 1.58. The minimum Gasteiger partial charge on any atom is -0.385 e. The predicted molar refractivity (Wildman–Crippen MR) is 104 cm³/mol. The zero-order chi connectivity index (χ0) is 20.2. The molecule has 3 amide bonds. The molecular weight excluding hydrogens is 382 g/mol. The fourth-order valence-corrected chi connectivity index (χ4v) is 5.17. The van der Waals surface area contributed by atoms with E-state index in [9.17, 15) is 14.4 Å². The summed E-state index contributed by atoms with van der Waals surface area (Å²) in [6.07, 6.45) is 0.564. The number of hydrogen-bond donors (Lipinski definition) is 2. The summed E-state index contributed by atoms with van der Waals surface area (Å²) < 4.78 is 5.06. The molecule has 0 aromatic heterocycles. The number of hydrogen-bond acceptors (Lipinski definition) is 5. The first-order valence-electron chi connectivity index (χ1n) is 9.57. The number of nitrogens with one attached hydrogen (secondary N) is 2. The second kappa shape index (κ2) is 6.83. The van der Waals surface area contributed by atoms with Crippen LogP contribution in [0.4, 0.5) is 5.69 Å². The van der Waals surface area contributed by atoms with Crippen molar-refractivity contribution in [3.05, 3.63) is 28.8 Å². The molecule has 0 radical (unpaired) electrons. The van der Waals surface area contributed by atoms with Crippen LogP contribution in [0.25, 0.3) is 0 Å². The summed E-state index contributed by atoms with van der Waals surface area (Å²) in [5.74, 6) is -2.13. The minimum absolute atomic E-state index is 0.0681. The first kappa shape index (κ1) is 19.4. The number of amides is 3. The summed E-state index contributed by atoms with van der Waals surface area (Å²) in [6, 6.07) is 4.98. The predicted octanol–water partition coefficient (Wildman–Crippen LogP) is 1.75. The standard InChI is InChI=1S/C20H24ClN3O4/c1-10(2)15-13-14(18(26)24(17(13)25)8-5-9-28-3)20(23-15)11-6-4-7-12(21)16(11)22-19(20)27/h4,6-7,10,13-15,23H,5,8-9H2,1-3H3,(H,22,27)/t13-,14-,15-,20-/m0/s1. The fourth-order valence-electron chi connectivity index (χ4n) is 4.95. The quantitative estimate of drug-likeness (QED) is 0.575. The summed E-state index contributed by atoms with van der Waals surface area (Å²) in [4.78, 5) is 41.1. The molecule has 4 atom stereocenters. The topological polar surface area (TPSA) is 87.7 Å². The van der Waals surface area contributed by atoms with Gasteiger partial charge in [0, 0.05) is 31.9 Å². The highest BCUT2D eigenvalue weighted by Gasteiger charge is 2.70. The van der Waals surface area contributed by atoms with E-state index in [4.69, 9.17) is 16.3 Å². The number of fused-ring (bicyclic) bond motifs is 4. The number of para-hydroxylation sites is 1. The van der Waals surface area contributed by atoms with Crippen LogP contribution in [-0.2, 0) is 24.7 Å². The molecule has 1 aromatic rings. The zero-order valence-electron chi connectivity index (χ0n) is 16.1. The van der Waals surface area contributed by atoms with E-state index in [2.05, 4.69) is 10.6 Å². The number of rotatable bonds is 5. The second-order valence-electron chi connectivity index (χ2n) is 8.02. The SMILES string of the molecule is COCCCN1C(=O)[C@H]2[C@@H](C1=O)[C@]1(N[C@H]2C(C)C)C(=O)Nc2c(Cl)cccc21. The van der Waals surface area contributed by atoms with Crippen molar-refractivity contribution in [1.29, 1.82) is 0 Å². The van der Waals surface area contributed by atoms with Crippen molar-refractivity contribution in [3.63, 3.8) is 0 Å². The Hall–Kier alpha value is -1.96. The van der Waals surface area contributed by atoms with Crippen molar-refractivity contribution in [3.8, 4) is 0 Å². The Balaban J connectivity index is 1.81. The van der Waals surface area contributed by atoms with Crippen LogP contribution in [0, 0.1) is 17.8 Å². The van der Waals surface area contributed by atoms with Crippen LogP contribution in [0.3, 0.4) is 0 Å². The first-order valence-corrected chi connectivity index (χ1v) is 9.94. The highest BCUT2D eigenvalue weighted by atomic mass is 35.5. The van der Waals surface area contributed by atoms with E-state index in [0.717, 1.165) is 0 Å². The van der Waals surface area contributed by atoms with Gasteiger partial charge < -0.3 is 10.1 Å². The fraction of sp³-hybridized carbons (Fsp3) is 0.550. The number of imide groups is 1. The second-order valence-corrected chi connectivity index (χ2v) is 8.42. The molecule has 1 spiro atoms. The van der Waals surface area contributed by atoms with Crippen LogP contribution in [0.15, 0.2) is 18.2 Å². The molecule has 4 rings (SSSR count). The Morgan fingerprint density at radius 3 is 2.68 bits per heavy atom. The van der Waals surface area contributed by atoms with Crippen LogP contribution >= 0.6 is 11.6 Å². The Morgan fingerprint density at radius 2 is 2.00 bits per heavy atom. The Kier molecular flexibility index (Phi) is 4.72. The zero-order valence-corrected chi connectivity index (χ0v) is 16.9. The van der Waals surface area contributed by atoms with E-state index >= 15 is 0 Å². The van der Waals surface area contributed by atoms with Crippen LogP contribution < -0.4 is 10.6 Å². The maximum atomic E-state index is 13.4. The van der Waals surface area contributed by atoms with Gasteiger partial charge in [0.05, 0.1) is 22.5 Å². The molecule has 3 heterocycles. The monoisotopic (exact) mass is 405 g/mol. The minimum atomic E-state index is -1.28. The van der Waals surface area contributed by atoms with Gasteiger partial charge in [-0.1, -0.05) is 37.6 Å². The number of ether oxygens (including phenoxy) is 1. The Labute approximate surface area is 168 Å². The van der Waals surface area contributed by atoms with Gasteiger partial charge in [0.15, 0.2) is 0 Å². The number of carbonyl (C=O) groups is 3. The largest absolute Gasteiger partial charge is 0.385 e. The van der Waals surface area contributed by atoms with Crippen LogP contribution in [0.1, 0.15) is 25.8 Å². The van der Waals surface area contributed by atoms with Crippen molar-refractivity contribution in [2.24, 2.45) is 17.8 Å². The van der Waals surface area contributed by atoms with Gasteiger partial charge in [0.1, 0.15) is 5.54 Å². The average Bonchev–Trinajstić information content (AvgIpc) is 3.24. The number of likely N-dealkylation sites (tertiary alicyclic amines) is 1. The third-order valence-electron chi connectivity index (χ3n) is 6.17. The van der Waals surface area contributed by atoms with E-state index in [1.165, 1.54) is 4.90 Å². The Morgan fingerprint density at radius 1 is 1.25 bits per heavy atom. The number of methoxy groups -OCH3 is 1. The number of carbonyl (C=O) groups excluding carboxylic acids is 3. The molecule has 2 fully saturated rings. The molecule has 7 nitrogen and oxygen atoms in total. The van der Waals surface area contributed by atoms with E-state index in [-0.39, 0.29) is 29.7 Å². The first-order chi connectivity index (χ1) is 13.3. The van der Waals surface area contributed by atoms with Gasteiger partial charge in [-0.25, -0.2) is 0 Å². The van der Waals surface area contributed by atoms with Crippen molar-refractivity contribution in [2.45, 2.75) is 31.8 Å². The van der Waals surface area contributed by atoms with Crippen LogP contribution in [-0.4, -0.2) is 48.9 Å². The molecule has 2 N–H and O–H groups in total. The molecule has 8 heteroatoms. The van der Waals surface area contributed by atoms with Gasteiger partial charge in [-0.2, -0.15) is 0 Å². The lowest BCUT2D eigenvalue weighted by Crippen LogP contribution is -2.54. The third kappa shape index (κ3) is 2.46. The summed E-state index contributed by atoms with van der Waals surface area (Å²) >= 11 is 6.30. The van der Waals surface area contributed by atoms with E-state index < -0.39 is 17.4 Å². The van der Waals surface area contributed by atoms with E-state index in [0.29, 0.717) is 35.8 Å². The molecule has 1 aromatic carbocycles.